The molecule has 0 bridgehead atoms. The van der Waals surface area contributed by atoms with Crippen LogP contribution in [-0.4, -0.2) is 128 Å². The van der Waals surface area contributed by atoms with Crippen molar-refractivity contribution in [1.82, 2.24) is 16.0 Å². The fourth-order valence-electron chi connectivity index (χ4n) is 6.81. The van der Waals surface area contributed by atoms with Gasteiger partial charge in [-0.3, -0.25) is 33.5 Å². The maximum atomic E-state index is 11.9. The molecule has 6 unspecified atom stereocenters. The minimum atomic E-state index is -0.998. The van der Waals surface area contributed by atoms with Crippen LogP contribution >= 0.6 is 15.9 Å². The zero-order chi connectivity index (χ0) is 65.8. The van der Waals surface area contributed by atoms with E-state index in [9.17, 15) is 53.4 Å². The van der Waals surface area contributed by atoms with Crippen LogP contribution < -0.4 is 21.7 Å². The molecule has 6 atom stereocenters. The number of esters is 4. The number of ether oxygens (including phenoxy) is 7. The van der Waals surface area contributed by atoms with Crippen molar-refractivity contribution in [2.24, 2.45) is 5.73 Å². The molecule has 0 radical (unpaired) electrons. The normalized spacial score (nSPS) is 12.8. The number of benzene rings is 3. The van der Waals surface area contributed by atoms with E-state index in [4.69, 9.17) is 38.9 Å². The number of aliphatic hydroxyl groups is 2. The number of rotatable bonds is 25. The lowest BCUT2D eigenvalue weighted by molar-refractivity contribution is -0.157. The number of alkyl halides is 1. The van der Waals surface area contributed by atoms with Gasteiger partial charge < -0.3 is 65.1 Å². The largest absolute Gasteiger partial charge is 0.460 e. The first-order valence-corrected chi connectivity index (χ1v) is 29.5. The molecule has 3 rings (SSSR count). The molecule has 0 heterocycles. The molecule has 0 aliphatic carbocycles. The minimum absolute atomic E-state index is 0. The van der Waals surface area contributed by atoms with Crippen molar-refractivity contribution in [3.05, 3.63) is 108 Å². The van der Waals surface area contributed by atoms with Gasteiger partial charge in [-0.1, -0.05) is 143 Å². The number of Topliss-reactive ketones (excluding diaryl/α,β-unsaturated/α-hetero) is 2. The Morgan fingerprint density at radius 2 is 0.742 bits per heavy atom. The van der Waals surface area contributed by atoms with Crippen LogP contribution in [0.15, 0.2) is 91.0 Å². The van der Waals surface area contributed by atoms with Crippen LogP contribution in [0.4, 0.5) is 19.1 Å². The third kappa shape index (κ3) is 46.7. The molecular formula is C65H106BrFN4O18. The number of carbonyl (C=O) groups is 9. The maximum absolute atomic E-state index is 11.9. The van der Waals surface area contributed by atoms with Gasteiger partial charge in [-0.15, -0.1) is 0 Å². The molecule has 7 N–H and O–H groups in total. The Morgan fingerprint density at radius 1 is 0.461 bits per heavy atom. The Hall–Kier alpha value is -7.02. The second-order valence-electron chi connectivity index (χ2n) is 23.5. The minimum Gasteiger partial charge on any atom is -0.460 e. The van der Waals surface area contributed by atoms with E-state index in [1.807, 2.05) is 97.9 Å². The molecule has 3 aromatic carbocycles. The van der Waals surface area contributed by atoms with Crippen molar-refractivity contribution in [2.75, 3.05) is 5.33 Å². The fraction of sp³-hybridized carbons (Fsp3) is 0.585. The molecule has 0 aromatic heterocycles. The molecule has 0 saturated heterocycles. The number of halogens is 2. The third-order valence-electron chi connectivity index (χ3n) is 10.8. The highest BCUT2D eigenvalue weighted by molar-refractivity contribution is 9.09. The first-order valence-electron chi connectivity index (χ1n) is 28.4. The smallest absolute Gasteiger partial charge is 0.408 e. The van der Waals surface area contributed by atoms with Crippen molar-refractivity contribution in [3.8, 4) is 0 Å². The van der Waals surface area contributed by atoms with Crippen LogP contribution in [0.5, 0.6) is 0 Å². The second-order valence-corrected chi connectivity index (χ2v) is 24.1. The summed E-state index contributed by atoms with van der Waals surface area (Å²) in [6.45, 7) is 26.6. The van der Waals surface area contributed by atoms with Crippen molar-refractivity contribution in [2.45, 2.75) is 242 Å². The summed E-state index contributed by atoms with van der Waals surface area (Å²) in [6.07, 6.45) is -3.06. The molecule has 0 saturated carbocycles. The standard InChI is InChI=1S/C18H27NO5.C18H25NO5.C17H22BrNO5.C10H21NO3.2CH4.FH.H2/c2*1-5-15(20)14(11-16(21)24-18(2,3)4)19-17(22)23-12-13-9-7-6-8-10-13;1-17(2,3)24-15(21)9-13(14(20)10-18)19-16(22)23-11-12-7-5-4-6-8-12;1-5-8(12)7(11)6-9(13)14-10(2,3)4;;;;/h6-10,14-15,20H,5,11-12H2,1-4H3,(H,19,22);6-10,14H,5,11-12H2,1-4H3,(H,19,22);4-8,13H,9-11H2,1-3H3,(H,19,22);7-8,12H,5-6,11H2,1-4H3;2*1H4;2*1H/i;;;;;;;1+1. The zero-order valence-corrected chi connectivity index (χ0v) is 54.8. The van der Waals surface area contributed by atoms with Crippen LogP contribution in [0.3, 0.4) is 0 Å². The van der Waals surface area contributed by atoms with Crippen LogP contribution in [0.2, 0.25) is 0 Å². The van der Waals surface area contributed by atoms with Gasteiger partial charge in [0.2, 0.25) is 0 Å². The molecule has 24 heteroatoms. The van der Waals surface area contributed by atoms with E-state index in [-0.39, 0.29) is 95.8 Å². The van der Waals surface area contributed by atoms with Crippen molar-refractivity contribution in [3.63, 3.8) is 0 Å². The predicted octanol–water partition coefficient (Wildman–Crippen LogP) is 11.2. The zero-order valence-electron chi connectivity index (χ0n) is 53.2. The number of alkyl carbamates (subject to hydrolysis) is 3. The van der Waals surface area contributed by atoms with Gasteiger partial charge in [0.15, 0.2) is 11.6 Å². The summed E-state index contributed by atoms with van der Waals surface area (Å²) >= 11 is 3.04. The van der Waals surface area contributed by atoms with Gasteiger partial charge in [0.05, 0.1) is 49.3 Å². The Labute approximate surface area is 537 Å². The highest BCUT2D eigenvalue weighted by atomic mass is 79.9. The number of hydrogen-bond donors (Lipinski definition) is 6. The highest BCUT2D eigenvalue weighted by Gasteiger charge is 2.30. The van der Waals surface area contributed by atoms with Gasteiger partial charge in [-0.05, 0) is 113 Å². The highest BCUT2D eigenvalue weighted by Crippen LogP contribution is 2.16. The topological polar surface area (TPSA) is 321 Å². The quantitative estimate of drug-likeness (QED) is 0.0261. The van der Waals surface area contributed by atoms with E-state index in [2.05, 4.69) is 31.9 Å². The lowest BCUT2D eigenvalue weighted by atomic mass is 10.1. The number of ketones is 2. The molecular weight excluding hydrogens is 1220 g/mol. The van der Waals surface area contributed by atoms with Crippen LogP contribution in [0.25, 0.3) is 0 Å². The molecule has 22 nitrogen and oxygen atoms in total. The second kappa shape index (κ2) is 45.3. The number of amides is 3. The summed E-state index contributed by atoms with van der Waals surface area (Å²) in [5.41, 5.74) is 5.69. The fourth-order valence-corrected chi connectivity index (χ4v) is 7.20. The van der Waals surface area contributed by atoms with Gasteiger partial charge in [0.25, 0.3) is 0 Å². The molecule has 0 aliphatic rings. The van der Waals surface area contributed by atoms with Crippen molar-refractivity contribution in [1.29, 1.82) is 0 Å². The summed E-state index contributed by atoms with van der Waals surface area (Å²) in [5.74, 6) is -2.54. The van der Waals surface area contributed by atoms with Gasteiger partial charge in [0, 0.05) is 13.9 Å². The van der Waals surface area contributed by atoms with E-state index in [0.29, 0.717) is 12.8 Å². The monoisotopic (exact) mass is 1330 g/mol. The third-order valence-corrected chi connectivity index (χ3v) is 11.3. The molecule has 3 aromatic rings. The summed E-state index contributed by atoms with van der Waals surface area (Å²) < 4.78 is 35.9. The summed E-state index contributed by atoms with van der Waals surface area (Å²) in [6, 6.07) is 24.3. The summed E-state index contributed by atoms with van der Waals surface area (Å²) in [4.78, 5) is 106. The predicted molar refractivity (Wildman–Crippen MR) is 345 cm³/mol. The van der Waals surface area contributed by atoms with Gasteiger partial charge >= 0.3 is 42.2 Å². The molecule has 3 amide bonds. The number of aliphatic hydroxyl groups excluding tert-OH is 2. The van der Waals surface area contributed by atoms with Crippen LogP contribution in [-0.2, 0) is 81.7 Å². The maximum Gasteiger partial charge on any atom is 0.408 e. The number of hydrogen-bond acceptors (Lipinski definition) is 19. The number of nitrogens with one attached hydrogen (secondary N) is 3. The van der Waals surface area contributed by atoms with E-state index in [1.165, 1.54) is 0 Å². The van der Waals surface area contributed by atoms with Gasteiger partial charge in [-0.25, -0.2) is 14.4 Å². The Balaban J connectivity index is -0.000000358. The molecule has 508 valence electrons. The van der Waals surface area contributed by atoms with E-state index in [0.717, 1.165) is 16.7 Å². The summed E-state index contributed by atoms with van der Waals surface area (Å²) in [7, 11) is 0. The molecule has 0 fully saturated rings. The van der Waals surface area contributed by atoms with E-state index in [1.54, 1.807) is 96.9 Å². The number of nitrogens with two attached hydrogens (primary N) is 1. The SMILES string of the molecule is C.C.CC(C)(C)OC(=O)CC(NC(=O)OCc1ccccc1)C(=O)CBr.CCC(=O)C(CC(=O)OC(C)(C)C)NC(=O)OCc1ccccc1.CCC(O)C(CC(=O)OC(C)(C)C)NC(=O)OCc1ccccc1.CCC(O)C(N)CC(=O)OC(C)(C)C.F.[2HH]. The van der Waals surface area contributed by atoms with Gasteiger partial charge in [0.1, 0.15) is 54.3 Å². The molecule has 0 aliphatic heterocycles. The average molecular weight is 1330 g/mol. The van der Waals surface area contributed by atoms with Crippen molar-refractivity contribution >= 4 is 69.7 Å². The average Bonchev–Trinajstić information content (AvgIpc) is 2.82. The Morgan fingerprint density at radius 3 is 1.02 bits per heavy atom. The van der Waals surface area contributed by atoms with Gasteiger partial charge in [-0.2, -0.15) is 0 Å². The lowest BCUT2D eigenvalue weighted by Crippen LogP contribution is -2.45. The van der Waals surface area contributed by atoms with E-state index < -0.39 is 95.0 Å². The summed E-state index contributed by atoms with van der Waals surface area (Å²) in [5, 5.41) is 26.8. The van der Waals surface area contributed by atoms with Crippen LogP contribution in [0, 0.1) is 0 Å². The van der Waals surface area contributed by atoms with Crippen LogP contribution in [0.1, 0.15) is 182 Å². The van der Waals surface area contributed by atoms with Crippen molar-refractivity contribution < 1.29 is 92.7 Å². The Kier molecular flexibility index (Phi) is 45.0. The lowest BCUT2D eigenvalue weighted by Gasteiger charge is -2.25. The number of carbonyl (C=O) groups excluding carboxylic acids is 9. The molecule has 0 spiro atoms. The van der Waals surface area contributed by atoms with E-state index >= 15 is 0 Å². The first-order chi connectivity index (χ1) is 39.9. The molecule has 89 heavy (non-hydrogen) atoms. The Bertz CT molecular complexity index is 2420. The first kappa shape index (κ1) is 88.4.